The zero-order chi connectivity index (χ0) is 40.1. The number of benzene rings is 4. The van der Waals surface area contributed by atoms with Gasteiger partial charge in [0, 0.05) is 0 Å². The standard InChI is InChI=1S/2C10H8.2C9H16.4C4H10/c2*1-2-6-10-8-4-3-7-9(10)5-1;2*1-2-5-9-7-3-6-8(9)4-1;4*1-4(2)3/h2*1-8H;2*8-9H,1-7H2;4*4H,1-3H3. The second kappa shape index (κ2) is 30.6. The first kappa shape index (κ1) is 49.4. The minimum absolute atomic E-state index is 0.833. The largest absolute Gasteiger partial charge is 0.0630 e. The van der Waals surface area contributed by atoms with Gasteiger partial charge in [-0.2, -0.15) is 0 Å². The molecule has 0 amide bonds. The van der Waals surface area contributed by atoms with Crippen LogP contribution in [-0.4, -0.2) is 0 Å². The maximum Gasteiger partial charge on any atom is -0.0184 e. The zero-order valence-electron chi connectivity index (χ0n) is 37.8. The van der Waals surface area contributed by atoms with Crippen molar-refractivity contribution in [3.05, 3.63) is 97.1 Å². The third-order valence-corrected chi connectivity index (χ3v) is 9.75. The van der Waals surface area contributed by atoms with Gasteiger partial charge in [-0.3, -0.25) is 0 Å². The maximum absolute atomic E-state index is 2.17. The second-order valence-corrected chi connectivity index (χ2v) is 19.1. The Morgan fingerprint density at radius 1 is 0.259 bits per heavy atom. The molecule has 4 saturated carbocycles. The van der Waals surface area contributed by atoms with E-state index in [4.69, 9.17) is 0 Å². The van der Waals surface area contributed by atoms with Gasteiger partial charge < -0.3 is 0 Å². The molecule has 4 aromatic rings. The van der Waals surface area contributed by atoms with Crippen LogP contribution in [-0.2, 0) is 0 Å². The van der Waals surface area contributed by atoms with Crippen molar-refractivity contribution in [2.45, 2.75) is 173 Å². The van der Waals surface area contributed by atoms with E-state index in [0.29, 0.717) is 0 Å². The highest BCUT2D eigenvalue weighted by molar-refractivity contribution is 5.82. The van der Waals surface area contributed by atoms with Gasteiger partial charge in [0.1, 0.15) is 0 Å². The summed E-state index contributed by atoms with van der Waals surface area (Å²) in [5.41, 5.74) is 0. The molecule has 4 atom stereocenters. The van der Waals surface area contributed by atoms with Crippen LogP contribution in [0.1, 0.15) is 173 Å². The van der Waals surface area contributed by atoms with Gasteiger partial charge in [0.2, 0.25) is 0 Å². The second-order valence-electron chi connectivity index (χ2n) is 19.1. The van der Waals surface area contributed by atoms with Crippen LogP contribution >= 0.6 is 0 Å². The van der Waals surface area contributed by atoms with Crippen LogP contribution in [0.3, 0.4) is 0 Å². The van der Waals surface area contributed by atoms with E-state index in [2.05, 4.69) is 180 Å². The summed E-state index contributed by atoms with van der Waals surface area (Å²) in [7, 11) is 0. The Morgan fingerprint density at radius 2 is 0.389 bits per heavy atom. The molecule has 54 heavy (non-hydrogen) atoms. The van der Waals surface area contributed by atoms with Crippen LogP contribution in [0.2, 0.25) is 0 Å². The van der Waals surface area contributed by atoms with Crippen molar-refractivity contribution in [2.75, 3.05) is 0 Å². The van der Waals surface area contributed by atoms with E-state index in [1.54, 1.807) is 51.4 Å². The molecule has 0 bridgehead atoms. The predicted octanol–water partition coefficient (Wildman–Crippen LogP) is 18.3. The molecule has 0 spiro atoms. The normalized spacial score (nSPS) is 20.6. The number of hydrogen-bond donors (Lipinski definition) is 0. The van der Waals surface area contributed by atoms with Crippen LogP contribution in [0.4, 0.5) is 0 Å². The quantitative estimate of drug-likeness (QED) is 0.169. The van der Waals surface area contributed by atoms with Crippen molar-refractivity contribution in [1.29, 1.82) is 0 Å². The molecule has 304 valence electrons. The van der Waals surface area contributed by atoms with Crippen molar-refractivity contribution in [1.82, 2.24) is 0 Å². The van der Waals surface area contributed by atoms with Gasteiger partial charge in [0.25, 0.3) is 0 Å². The number of fused-ring (bicyclic) bond motifs is 4. The fourth-order valence-electron chi connectivity index (χ4n) is 7.64. The summed E-state index contributed by atoms with van der Waals surface area (Å²) in [6, 6.07) is 33.4. The Kier molecular flexibility index (Phi) is 28.0. The van der Waals surface area contributed by atoms with Crippen LogP contribution in [0, 0.1) is 47.3 Å². The number of rotatable bonds is 0. The Hall–Kier alpha value is -2.60. The molecular weight excluding hydrogens is 649 g/mol. The van der Waals surface area contributed by atoms with Gasteiger partial charge in [-0.15, -0.1) is 0 Å². The first-order valence-electron chi connectivity index (χ1n) is 22.7. The SMILES string of the molecule is C1CCC2CCCC2C1.C1CCC2CCCC2C1.CC(C)C.CC(C)C.CC(C)C.CC(C)C.c1ccc2ccccc2c1.c1ccc2ccccc2c1. The minimum Gasteiger partial charge on any atom is -0.0630 e. The summed E-state index contributed by atoms with van der Waals surface area (Å²) in [5.74, 6) is 8.00. The third-order valence-electron chi connectivity index (χ3n) is 9.75. The van der Waals surface area contributed by atoms with Gasteiger partial charge in [0.15, 0.2) is 0 Å². The first-order chi connectivity index (χ1) is 25.8. The van der Waals surface area contributed by atoms with Gasteiger partial charge in [-0.05, 0) is 68.9 Å². The fraction of sp³-hybridized carbons (Fsp3) is 0.630. The van der Waals surface area contributed by atoms with E-state index in [0.717, 1.165) is 23.7 Å². The molecule has 0 saturated heterocycles. The lowest BCUT2D eigenvalue weighted by molar-refractivity contribution is 0.277. The molecule has 4 aromatic carbocycles. The molecule has 8 rings (SSSR count). The van der Waals surface area contributed by atoms with Gasteiger partial charge >= 0.3 is 0 Å². The van der Waals surface area contributed by atoms with E-state index in [1.165, 1.54) is 83.7 Å². The predicted molar refractivity (Wildman–Crippen MR) is 249 cm³/mol. The summed E-state index contributed by atoms with van der Waals surface area (Å²) in [5, 5.41) is 5.24. The summed E-state index contributed by atoms with van der Waals surface area (Å²) >= 11 is 0. The van der Waals surface area contributed by atoms with E-state index in [-0.39, 0.29) is 0 Å². The fourth-order valence-corrected chi connectivity index (χ4v) is 7.64. The molecule has 4 aliphatic rings. The third kappa shape index (κ3) is 25.5. The Labute approximate surface area is 337 Å². The highest BCUT2D eigenvalue weighted by atomic mass is 14.3. The zero-order valence-corrected chi connectivity index (χ0v) is 37.8. The summed E-state index contributed by atoms with van der Waals surface area (Å²) in [6.07, 6.45) is 21.7. The highest BCUT2D eigenvalue weighted by Crippen LogP contribution is 2.42. The van der Waals surface area contributed by atoms with E-state index < -0.39 is 0 Å². The van der Waals surface area contributed by atoms with Crippen molar-refractivity contribution in [3.63, 3.8) is 0 Å². The summed E-state index contributed by atoms with van der Waals surface area (Å²) < 4.78 is 0. The lowest BCUT2D eigenvalue weighted by atomic mass is 9.82. The molecule has 4 unspecified atom stereocenters. The van der Waals surface area contributed by atoms with E-state index in [1.807, 2.05) is 0 Å². The highest BCUT2D eigenvalue weighted by Gasteiger charge is 2.29. The van der Waals surface area contributed by atoms with Gasteiger partial charge in [-0.25, -0.2) is 0 Å². The minimum atomic E-state index is 0.833. The summed E-state index contributed by atoms with van der Waals surface area (Å²) in [4.78, 5) is 0. The first-order valence-corrected chi connectivity index (χ1v) is 22.7. The van der Waals surface area contributed by atoms with Crippen LogP contribution in [0.15, 0.2) is 97.1 Å². The monoisotopic (exact) mass is 737 g/mol. The van der Waals surface area contributed by atoms with Crippen LogP contribution < -0.4 is 0 Å². The smallest absolute Gasteiger partial charge is 0.0184 e. The van der Waals surface area contributed by atoms with E-state index >= 15 is 0 Å². The summed E-state index contributed by atoms with van der Waals surface area (Å²) in [6.45, 7) is 26.0. The molecular formula is C54H88. The molecule has 0 aliphatic heterocycles. The Morgan fingerprint density at radius 3 is 0.537 bits per heavy atom. The lowest BCUT2D eigenvalue weighted by Gasteiger charge is -2.24. The van der Waals surface area contributed by atoms with Gasteiger partial charge in [-0.1, -0.05) is 270 Å². The van der Waals surface area contributed by atoms with Crippen molar-refractivity contribution < 1.29 is 0 Å². The Bertz CT molecular complexity index is 1120. The molecule has 0 aromatic heterocycles. The molecule has 0 nitrogen and oxygen atoms in total. The van der Waals surface area contributed by atoms with Crippen molar-refractivity contribution >= 4 is 21.5 Å². The topological polar surface area (TPSA) is 0 Å². The van der Waals surface area contributed by atoms with Crippen molar-refractivity contribution in [3.8, 4) is 0 Å². The van der Waals surface area contributed by atoms with Crippen molar-refractivity contribution in [2.24, 2.45) is 47.3 Å². The molecule has 0 radical (unpaired) electrons. The molecule has 4 fully saturated rings. The van der Waals surface area contributed by atoms with Crippen LogP contribution in [0.25, 0.3) is 21.5 Å². The number of hydrogen-bond acceptors (Lipinski definition) is 0. The molecule has 0 N–H and O–H groups in total. The molecule has 0 heteroatoms. The molecule has 4 aliphatic carbocycles. The molecule has 0 heterocycles. The van der Waals surface area contributed by atoms with E-state index in [9.17, 15) is 0 Å². The average molecular weight is 737 g/mol. The Balaban J connectivity index is 0.000000320. The maximum atomic E-state index is 2.17. The van der Waals surface area contributed by atoms with Crippen LogP contribution in [0.5, 0.6) is 0 Å². The van der Waals surface area contributed by atoms with Gasteiger partial charge in [0.05, 0.1) is 0 Å². The lowest BCUT2D eigenvalue weighted by Crippen LogP contribution is -2.12. The average Bonchev–Trinajstić information content (AvgIpc) is 3.82.